The van der Waals surface area contributed by atoms with Gasteiger partial charge in [0.2, 0.25) is 0 Å². The van der Waals surface area contributed by atoms with Gasteiger partial charge in [-0.25, -0.2) is 0 Å². The topological polar surface area (TPSA) is 26.3 Å². The molecule has 0 radical (unpaired) electrons. The van der Waals surface area contributed by atoms with Crippen molar-refractivity contribution >= 4 is 38.3 Å². The molecule has 4 aromatic carbocycles. The van der Waals surface area contributed by atoms with Crippen LogP contribution < -0.4 is 0 Å². The number of rotatable bonds is 4. The Labute approximate surface area is 159 Å². The first kappa shape index (κ1) is 17.5. The van der Waals surface area contributed by atoms with Crippen LogP contribution in [0.25, 0.3) is 32.3 Å². The van der Waals surface area contributed by atoms with Crippen LogP contribution in [0.2, 0.25) is 0 Å². The molecule has 2 unspecified atom stereocenters. The van der Waals surface area contributed by atoms with Crippen LogP contribution in [0, 0.1) is 5.92 Å². The lowest BCUT2D eigenvalue weighted by Gasteiger charge is -2.17. The molecule has 4 rings (SSSR count). The average molecular weight is 356 g/mol. The lowest BCUT2D eigenvalue weighted by atomic mass is 9.98. The standard InChI is InChI=1S/C25H24O2/c1-4-16(2)25(26)27-17(3)18-9-10-21-14-23-12-19-7-5-6-8-20(19)13-24(23)15-22(21)11-18/h5-17H,4H2,1-3H3. The molecule has 136 valence electrons. The smallest absolute Gasteiger partial charge is 0.309 e. The Morgan fingerprint density at radius 2 is 1.30 bits per heavy atom. The molecular formula is C25H24O2. The molecule has 0 aliphatic carbocycles. The predicted molar refractivity (Wildman–Crippen MR) is 113 cm³/mol. The Balaban J connectivity index is 1.73. The van der Waals surface area contributed by atoms with E-state index in [1.54, 1.807) is 0 Å². The minimum Gasteiger partial charge on any atom is -0.458 e. The summed E-state index contributed by atoms with van der Waals surface area (Å²) in [7, 11) is 0. The maximum Gasteiger partial charge on any atom is 0.309 e. The van der Waals surface area contributed by atoms with Crippen molar-refractivity contribution in [3.63, 3.8) is 0 Å². The third-order valence-corrected chi connectivity index (χ3v) is 5.46. The van der Waals surface area contributed by atoms with Gasteiger partial charge in [-0.2, -0.15) is 0 Å². The molecule has 2 heteroatoms. The predicted octanol–water partition coefficient (Wildman–Crippen LogP) is 6.80. The van der Waals surface area contributed by atoms with Crippen molar-refractivity contribution in [1.82, 2.24) is 0 Å². The largest absolute Gasteiger partial charge is 0.458 e. The van der Waals surface area contributed by atoms with Crippen molar-refractivity contribution < 1.29 is 9.53 Å². The summed E-state index contributed by atoms with van der Waals surface area (Å²) in [6, 6.07) is 23.7. The zero-order valence-corrected chi connectivity index (χ0v) is 16.0. The average Bonchev–Trinajstić information content (AvgIpc) is 2.69. The number of fused-ring (bicyclic) bond motifs is 3. The third kappa shape index (κ3) is 3.40. The van der Waals surface area contributed by atoms with Crippen molar-refractivity contribution in [1.29, 1.82) is 0 Å². The second kappa shape index (κ2) is 7.03. The van der Waals surface area contributed by atoms with Gasteiger partial charge in [0.1, 0.15) is 6.10 Å². The molecule has 0 spiro atoms. The summed E-state index contributed by atoms with van der Waals surface area (Å²) < 4.78 is 5.64. The number of carbonyl (C=O) groups excluding carboxylic acids is 1. The van der Waals surface area contributed by atoms with Gasteiger partial charge in [0, 0.05) is 0 Å². The van der Waals surface area contributed by atoms with Crippen LogP contribution >= 0.6 is 0 Å². The maximum atomic E-state index is 12.1. The van der Waals surface area contributed by atoms with Crippen molar-refractivity contribution in [2.24, 2.45) is 5.92 Å². The summed E-state index contributed by atoms with van der Waals surface area (Å²) in [4.78, 5) is 12.1. The summed E-state index contributed by atoms with van der Waals surface area (Å²) in [6.45, 7) is 5.85. The van der Waals surface area contributed by atoms with Crippen LogP contribution in [0.15, 0.2) is 66.7 Å². The van der Waals surface area contributed by atoms with Crippen molar-refractivity contribution in [3.8, 4) is 0 Å². The molecule has 2 nitrogen and oxygen atoms in total. The maximum absolute atomic E-state index is 12.1. The summed E-state index contributed by atoms with van der Waals surface area (Å²) in [5.74, 6) is -0.194. The van der Waals surface area contributed by atoms with Crippen molar-refractivity contribution in [2.75, 3.05) is 0 Å². The third-order valence-electron chi connectivity index (χ3n) is 5.46. The van der Waals surface area contributed by atoms with Crippen LogP contribution in [-0.4, -0.2) is 5.97 Å². The molecule has 0 aliphatic rings. The second-order valence-corrected chi connectivity index (χ2v) is 7.39. The number of benzene rings is 4. The molecule has 0 N–H and O–H groups in total. The highest BCUT2D eigenvalue weighted by Crippen LogP contribution is 2.30. The summed E-state index contributed by atoms with van der Waals surface area (Å²) in [5.41, 5.74) is 1.03. The van der Waals surface area contributed by atoms with E-state index in [1.165, 1.54) is 32.3 Å². The summed E-state index contributed by atoms with van der Waals surface area (Å²) >= 11 is 0. The lowest BCUT2D eigenvalue weighted by Crippen LogP contribution is -2.16. The Kier molecular flexibility index (Phi) is 4.57. The van der Waals surface area contributed by atoms with E-state index in [1.807, 2.05) is 20.8 Å². The monoisotopic (exact) mass is 356 g/mol. The van der Waals surface area contributed by atoms with Gasteiger partial charge in [0.15, 0.2) is 0 Å². The number of carbonyl (C=O) groups is 1. The number of hydrogen-bond acceptors (Lipinski definition) is 2. The Morgan fingerprint density at radius 1 is 0.778 bits per heavy atom. The normalized spacial score (nSPS) is 13.7. The SMILES string of the molecule is CCC(C)C(=O)OC(C)c1ccc2cc3cc4ccccc4cc3cc2c1. The van der Waals surface area contributed by atoms with Gasteiger partial charge >= 0.3 is 5.97 Å². The molecule has 0 bridgehead atoms. The van der Waals surface area contributed by atoms with Gasteiger partial charge < -0.3 is 4.74 Å². The summed E-state index contributed by atoms with van der Waals surface area (Å²) in [6.07, 6.45) is 0.548. The number of ether oxygens (including phenoxy) is 1. The van der Waals surface area contributed by atoms with E-state index >= 15 is 0 Å². The quantitative estimate of drug-likeness (QED) is 0.297. The van der Waals surface area contributed by atoms with E-state index in [9.17, 15) is 4.79 Å². The van der Waals surface area contributed by atoms with Gasteiger partial charge in [-0.05, 0) is 81.6 Å². The Hall–Kier alpha value is -2.87. The second-order valence-electron chi connectivity index (χ2n) is 7.39. The van der Waals surface area contributed by atoms with E-state index in [-0.39, 0.29) is 18.0 Å². The van der Waals surface area contributed by atoms with Crippen LogP contribution in [0.3, 0.4) is 0 Å². The molecule has 0 saturated carbocycles. The van der Waals surface area contributed by atoms with E-state index in [2.05, 4.69) is 66.7 Å². The molecule has 2 atom stereocenters. The highest BCUT2D eigenvalue weighted by atomic mass is 16.5. The van der Waals surface area contributed by atoms with Crippen LogP contribution in [-0.2, 0) is 9.53 Å². The minimum absolute atomic E-state index is 0.0647. The Bertz CT molecular complexity index is 1140. The van der Waals surface area contributed by atoms with E-state index in [0.29, 0.717) is 0 Å². The lowest BCUT2D eigenvalue weighted by molar-refractivity contribution is -0.153. The fraction of sp³-hybridized carbons (Fsp3) is 0.240. The van der Waals surface area contributed by atoms with Crippen LogP contribution in [0.5, 0.6) is 0 Å². The molecule has 0 heterocycles. The minimum atomic E-state index is -0.247. The van der Waals surface area contributed by atoms with Gasteiger partial charge in [-0.3, -0.25) is 4.79 Å². The summed E-state index contributed by atoms with van der Waals surface area (Å²) in [5, 5.41) is 7.33. The fourth-order valence-electron chi connectivity index (χ4n) is 3.49. The van der Waals surface area contributed by atoms with Crippen LogP contribution in [0.1, 0.15) is 38.9 Å². The fourth-order valence-corrected chi connectivity index (χ4v) is 3.49. The molecule has 0 saturated heterocycles. The van der Waals surface area contributed by atoms with Crippen molar-refractivity contribution in [2.45, 2.75) is 33.3 Å². The molecule has 0 aromatic heterocycles. The van der Waals surface area contributed by atoms with E-state index < -0.39 is 0 Å². The van der Waals surface area contributed by atoms with Gasteiger partial charge in [-0.1, -0.05) is 50.2 Å². The molecular weight excluding hydrogens is 332 g/mol. The highest BCUT2D eigenvalue weighted by molar-refractivity contribution is 6.04. The molecule has 0 aliphatic heterocycles. The zero-order chi connectivity index (χ0) is 19.0. The highest BCUT2D eigenvalue weighted by Gasteiger charge is 2.17. The molecule has 27 heavy (non-hydrogen) atoms. The van der Waals surface area contributed by atoms with Gasteiger partial charge in [0.05, 0.1) is 5.92 Å². The molecule has 0 fully saturated rings. The first-order valence-corrected chi connectivity index (χ1v) is 9.62. The Morgan fingerprint density at radius 3 is 1.89 bits per heavy atom. The first-order chi connectivity index (χ1) is 13.0. The van der Waals surface area contributed by atoms with Crippen molar-refractivity contribution in [3.05, 3.63) is 72.3 Å². The molecule has 0 amide bonds. The first-order valence-electron chi connectivity index (χ1n) is 9.62. The van der Waals surface area contributed by atoms with E-state index in [4.69, 9.17) is 4.74 Å². The number of hydrogen-bond donors (Lipinski definition) is 0. The number of esters is 1. The zero-order valence-electron chi connectivity index (χ0n) is 16.0. The van der Waals surface area contributed by atoms with Gasteiger partial charge in [0.25, 0.3) is 0 Å². The van der Waals surface area contributed by atoms with E-state index in [0.717, 1.165) is 12.0 Å². The van der Waals surface area contributed by atoms with Gasteiger partial charge in [-0.15, -0.1) is 0 Å². The van der Waals surface area contributed by atoms with Crippen LogP contribution in [0.4, 0.5) is 0 Å². The molecule has 4 aromatic rings.